The minimum absolute atomic E-state index is 0.938. The number of aryl methyl sites for hydroxylation is 1. The van der Waals surface area contributed by atoms with E-state index in [9.17, 15) is 0 Å². The lowest BCUT2D eigenvalue weighted by Crippen LogP contribution is -1.93. The summed E-state index contributed by atoms with van der Waals surface area (Å²) < 4.78 is 0. The van der Waals surface area contributed by atoms with Gasteiger partial charge in [-0.3, -0.25) is 4.98 Å². The number of rotatable bonds is 3. The molecule has 0 unspecified atom stereocenters. The molecule has 1 heteroatoms. The highest BCUT2D eigenvalue weighted by Crippen LogP contribution is 2.23. The van der Waals surface area contributed by atoms with E-state index in [4.69, 9.17) is 0 Å². The first-order valence-electron chi connectivity index (χ1n) is 6.88. The summed E-state index contributed by atoms with van der Waals surface area (Å²) in [7, 11) is 0. The Morgan fingerprint density at radius 2 is 1.55 bits per heavy atom. The standard InChI is InChI=1S/C19H17N/c1-15-9-11-16(12-10-15)14-17-6-2-3-7-18(17)19-8-4-5-13-20-19/h2-13H,14H2,1H3. The van der Waals surface area contributed by atoms with E-state index < -0.39 is 0 Å². The molecule has 0 fully saturated rings. The third-order valence-electron chi connectivity index (χ3n) is 3.47. The zero-order chi connectivity index (χ0) is 13.8. The van der Waals surface area contributed by atoms with Gasteiger partial charge in [0.1, 0.15) is 0 Å². The Morgan fingerprint density at radius 3 is 2.30 bits per heavy atom. The van der Waals surface area contributed by atoms with Crippen molar-refractivity contribution in [1.29, 1.82) is 0 Å². The molecule has 0 bridgehead atoms. The first kappa shape index (κ1) is 12.6. The SMILES string of the molecule is Cc1ccc(Cc2ccccc2-c2ccccn2)cc1. The van der Waals surface area contributed by atoms with Crippen LogP contribution in [0.5, 0.6) is 0 Å². The van der Waals surface area contributed by atoms with Crippen molar-refractivity contribution in [2.24, 2.45) is 0 Å². The molecule has 0 aliphatic carbocycles. The van der Waals surface area contributed by atoms with Crippen molar-refractivity contribution in [3.63, 3.8) is 0 Å². The third-order valence-corrected chi connectivity index (χ3v) is 3.47. The van der Waals surface area contributed by atoms with Gasteiger partial charge in [0.25, 0.3) is 0 Å². The highest BCUT2D eigenvalue weighted by atomic mass is 14.7. The van der Waals surface area contributed by atoms with Crippen LogP contribution in [-0.4, -0.2) is 4.98 Å². The highest BCUT2D eigenvalue weighted by molar-refractivity contribution is 5.64. The van der Waals surface area contributed by atoms with Crippen molar-refractivity contribution in [3.05, 3.63) is 89.6 Å². The van der Waals surface area contributed by atoms with Gasteiger partial charge in [0.15, 0.2) is 0 Å². The van der Waals surface area contributed by atoms with E-state index in [1.165, 1.54) is 22.3 Å². The monoisotopic (exact) mass is 259 g/mol. The molecule has 20 heavy (non-hydrogen) atoms. The fourth-order valence-corrected chi connectivity index (χ4v) is 2.37. The molecule has 0 atom stereocenters. The second-order valence-electron chi connectivity index (χ2n) is 5.03. The van der Waals surface area contributed by atoms with E-state index in [0.717, 1.165) is 12.1 Å². The number of nitrogens with zero attached hydrogens (tertiary/aromatic N) is 1. The van der Waals surface area contributed by atoms with Crippen molar-refractivity contribution >= 4 is 0 Å². The largest absolute Gasteiger partial charge is 0.256 e. The van der Waals surface area contributed by atoms with Crippen molar-refractivity contribution in [2.75, 3.05) is 0 Å². The van der Waals surface area contributed by atoms with Crippen LogP contribution in [0.3, 0.4) is 0 Å². The number of pyridine rings is 1. The highest BCUT2D eigenvalue weighted by Gasteiger charge is 2.06. The number of hydrogen-bond acceptors (Lipinski definition) is 1. The molecule has 98 valence electrons. The van der Waals surface area contributed by atoms with Gasteiger partial charge in [0.2, 0.25) is 0 Å². The van der Waals surface area contributed by atoms with Gasteiger partial charge in [0, 0.05) is 11.8 Å². The van der Waals surface area contributed by atoms with Crippen LogP contribution in [0.15, 0.2) is 72.9 Å². The molecule has 0 saturated carbocycles. The molecule has 0 aliphatic heterocycles. The van der Waals surface area contributed by atoms with Crippen LogP contribution in [0.4, 0.5) is 0 Å². The zero-order valence-electron chi connectivity index (χ0n) is 11.6. The first-order valence-corrected chi connectivity index (χ1v) is 6.88. The van der Waals surface area contributed by atoms with Crippen LogP contribution in [0.2, 0.25) is 0 Å². The Morgan fingerprint density at radius 1 is 0.800 bits per heavy atom. The van der Waals surface area contributed by atoms with Crippen molar-refractivity contribution in [2.45, 2.75) is 13.3 Å². The topological polar surface area (TPSA) is 12.9 Å². The van der Waals surface area contributed by atoms with E-state index in [2.05, 4.69) is 66.5 Å². The second-order valence-corrected chi connectivity index (χ2v) is 5.03. The number of hydrogen-bond donors (Lipinski definition) is 0. The van der Waals surface area contributed by atoms with Crippen LogP contribution in [-0.2, 0) is 6.42 Å². The molecule has 1 heterocycles. The van der Waals surface area contributed by atoms with Gasteiger partial charge < -0.3 is 0 Å². The average molecular weight is 259 g/mol. The fraction of sp³-hybridized carbons (Fsp3) is 0.105. The Kier molecular flexibility index (Phi) is 3.60. The Hall–Kier alpha value is -2.41. The van der Waals surface area contributed by atoms with Crippen LogP contribution in [0.25, 0.3) is 11.3 Å². The van der Waals surface area contributed by atoms with Crippen LogP contribution in [0.1, 0.15) is 16.7 Å². The predicted molar refractivity (Wildman–Crippen MR) is 83.7 cm³/mol. The maximum atomic E-state index is 4.47. The molecule has 0 saturated heterocycles. The summed E-state index contributed by atoms with van der Waals surface area (Å²) in [5.41, 5.74) is 6.20. The molecule has 0 N–H and O–H groups in total. The summed E-state index contributed by atoms with van der Waals surface area (Å²) in [5.74, 6) is 0. The lowest BCUT2D eigenvalue weighted by molar-refractivity contribution is 1.18. The van der Waals surface area contributed by atoms with Gasteiger partial charge in [0.05, 0.1) is 5.69 Å². The minimum Gasteiger partial charge on any atom is -0.256 e. The Balaban J connectivity index is 1.96. The summed E-state index contributed by atoms with van der Waals surface area (Å²) in [4.78, 5) is 4.47. The van der Waals surface area contributed by atoms with Crippen molar-refractivity contribution in [3.8, 4) is 11.3 Å². The van der Waals surface area contributed by atoms with Gasteiger partial charge in [-0.15, -0.1) is 0 Å². The van der Waals surface area contributed by atoms with Gasteiger partial charge in [-0.05, 0) is 36.6 Å². The van der Waals surface area contributed by atoms with Crippen LogP contribution in [0, 0.1) is 6.92 Å². The zero-order valence-corrected chi connectivity index (χ0v) is 11.6. The number of aromatic nitrogens is 1. The summed E-state index contributed by atoms with van der Waals surface area (Å²) in [6, 6.07) is 23.3. The van der Waals surface area contributed by atoms with Gasteiger partial charge in [-0.2, -0.15) is 0 Å². The number of benzene rings is 2. The van der Waals surface area contributed by atoms with E-state index in [0.29, 0.717) is 0 Å². The summed E-state index contributed by atoms with van der Waals surface area (Å²) in [6.07, 6.45) is 2.78. The molecule has 3 rings (SSSR count). The third kappa shape index (κ3) is 2.77. The molecule has 3 aromatic rings. The lowest BCUT2D eigenvalue weighted by atomic mass is 9.97. The Labute approximate surface area is 119 Å². The molecule has 0 radical (unpaired) electrons. The molecule has 0 aliphatic rings. The van der Waals surface area contributed by atoms with Crippen molar-refractivity contribution in [1.82, 2.24) is 4.98 Å². The van der Waals surface area contributed by atoms with Crippen molar-refractivity contribution < 1.29 is 0 Å². The summed E-state index contributed by atoms with van der Waals surface area (Å²) >= 11 is 0. The van der Waals surface area contributed by atoms with E-state index in [-0.39, 0.29) is 0 Å². The summed E-state index contributed by atoms with van der Waals surface area (Å²) in [6.45, 7) is 2.12. The average Bonchev–Trinajstić information content (AvgIpc) is 2.51. The molecule has 2 aromatic carbocycles. The molecular weight excluding hydrogens is 242 g/mol. The lowest BCUT2D eigenvalue weighted by Gasteiger charge is -2.09. The van der Waals surface area contributed by atoms with Gasteiger partial charge in [-0.1, -0.05) is 60.2 Å². The molecule has 1 aromatic heterocycles. The Bertz CT molecular complexity index is 684. The first-order chi connectivity index (χ1) is 9.83. The predicted octanol–water partition coefficient (Wildman–Crippen LogP) is 4.65. The van der Waals surface area contributed by atoms with E-state index in [1.54, 1.807) is 0 Å². The second kappa shape index (κ2) is 5.70. The minimum atomic E-state index is 0.938. The fourth-order valence-electron chi connectivity index (χ4n) is 2.37. The summed E-state index contributed by atoms with van der Waals surface area (Å²) in [5, 5.41) is 0. The molecule has 1 nitrogen and oxygen atoms in total. The van der Waals surface area contributed by atoms with E-state index >= 15 is 0 Å². The maximum Gasteiger partial charge on any atom is 0.0704 e. The molecule has 0 amide bonds. The van der Waals surface area contributed by atoms with Gasteiger partial charge in [-0.25, -0.2) is 0 Å². The quantitative estimate of drug-likeness (QED) is 0.667. The molecular formula is C19H17N. The smallest absolute Gasteiger partial charge is 0.0704 e. The van der Waals surface area contributed by atoms with Crippen LogP contribution < -0.4 is 0 Å². The van der Waals surface area contributed by atoms with Crippen LogP contribution >= 0.6 is 0 Å². The van der Waals surface area contributed by atoms with E-state index in [1.807, 2.05) is 18.3 Å². The molecule has 0 spiro atoms. The maximum absolute atomic E-state index is 4.47. The van der Waals surface area contributed by atoms with Gasteiger partial charge >= 0.3 is 0 Å². The normalized spacial score (nSPS) is 10.4.